The van der Waals surface area contributed by atoms with Gasteiger partial charge in [0.05, 0.1) is 12.5 Å². The molecule has 0 radical (unpaired) electrons. The third-order valence-corrected chi connectivity index (χ3v) is 3.86. The van der Waals surface area contributed by atoms with Crippen LogP contribution in [0, 0.1) is 0 Å². The third kappa shape index (κ3) is 6.74. The van der Waals surface area contributed by atoms with Crippen LogP contribution in [0.4, 0.5) is 11.4 Å². The zero-order valence-electron chi connectivity index (χ0n) is 14.6. The van der Waals surface area contributed by atoms with Gasteiger partial charge in [-0.3, -0.25) is 4.79 Å². The maximum atomic E-state index is 11.9. The number of nitrogens with one attached hydrogen (secondary N) is 2. The molecule has 0 fully saturated rings. The Labute approximate surface area is 155 Å². The number of anilines is 2. The minimum Gasteiger partial charge on any atom is -0.380 e. The Morgan fingerprint density at radius 1 is 1.08 bits per heavy atom. The summed E-state index contributed by atoms with van der Waals surface area (Å²) in [4.78, 5) is 11.9. The molecule has 0 aliphatic rings. The summed E-state index contributed by atoms with van der Waals surface area (Å²) < 4.78 is 5.12. The van der Waals surface area contributed by atoms with Crippen molar-refractivity contribution in [3.63, 3.8) is 0 Å². The molecule has 0 aliphatic carbocycles. The maximum absolute atomic E-state index is 11.9. The minimum absolute atomic E-state index is 0. The summed E-state index contributed by atoms with van der Waals surface area (Å²) in [5, 5.41) is 6.29. The summed E-state index contributed by atoms with van der Waals surface area (Å²) in [6.45, 7) is 2.44. The molecule has 0 saturated carbocycles. The molecular formula is C19H26ClN3O2. The van der Waals surface area contributed by atoms with E-state index in [0.29, 0.717) is 6.54 Å². The number of halogens is 1. The van der Waals surface area contributed by atoms with E-state index in [2.05, 4.69) is 29.7 Å². The van der Waals surface area contributed by atoms with Crippen molar-refractivity contribution in [2.75, 3.05) is 24.3 Å². The Balaban J connectivity index is 0.00000312. The Morgan fingerprint density at radius 2 is 1.68 bits per heavy atom. The van der Waals surface area contributed by atoms with Crippen molar-refractivity contribution in [3.8, 4) is 0 Å². The highest BCUT2D eigenvalue weighted by atomic mass is 35.5. The standard InChI is InChI=1S/C19H25N3O2.ClH/c1-14(15-6-4-3-5-7-15)21-16-8-10-17(11-9-16)22-19(23)12-18(13-20)24-2;/h3-11,14,18,21H,12-13,20H2,1-2H3,(H,22,23);1H. The van der Waals surface area contributed by atoms with Crippen LogP contribution in [0.3, 0.4) is 0 Å². The highest BCUT2D eigenvalue weighted by Crippen LogP contribution is 2.20. The molecule has 25 heavy (non-hydrogen) atoms. The fourth-order valence-electron chi connectivity index (χ4n) is 2.41. The lowest BCUT2D eigenvalue weighted by atomic mass is 10.1. The van der Waals surface area contributed by atoms with E-state index >= 15 is 0 Å². The van der Waals surface area contributed by atoms with Crippen LogP contribution in [0.2, 0.25) is 0 Å². The van der Waals surface area contributed by atoms with Gasteiger partial charge in [-0.05, 0) is 36.8 Å². The average Bonchev–Trinajstić information content (AvgIpc) is 2.62. The lowest BCUT2D eigenvalue weighted by Crippen LogP contribution is -2.28. The molecule has 0 bridgehead atoms. The summed E-state index contributed by atoms with van der Waals surface area (Å²) in [5.74, 6) is -0.106. The number of carbonyl (C=O) groups is 1. The predicted molar refractivity (Wildman–Crippen MR) is 105 cm³/mol. The first kappa shape index (κ1) is 21.0. The molecule has 0 heterocycles. The van der Waals surface area contributed by atoms with E-state index < -0.39 is 0 Å². The summed E-state index contributed by atoms with van der Waals surface area (Å²) >= 11 is 0. The molecule has 6 heteroatoms. The van der Waals surface area contributed by atoms with Crippen molar-refractivity contribution < 1.29 is 9.53 Å². The van der Waals surface area contributed by atoms with Crippen molar-refractivity contribution in [1.82, 2.24) is 0 Å². The summed E-state index contributed by atoms with van der Waals surface area (Å²) in [7, 11) is 1.55. The summed E-state index contributed by atoms with van der Waals surface area (Å²) in [6, 6.07) is 18.1. The van der Waals surface area contributed by atoms with Crippen LogP contribution in [0.15, 0.2) is 54.6 Å². The van der Waals surface area contributed by atoms with Gasteiger partial charge in [-0.2, -0.15) is 0 Å². The van der Waals surface area contributed by atoms with Gasteiger partial charge in [-0.1, -0.05) is 30.3 Å². The lowest BCUT2D eigenvalue weighted by molar-refractivity contribution is -0.118. The van der Waals surface area contributed by atoms with Crippen molar-refractivity contribution in [2.24, 2.45) is 5.73 Å². The van der Waals surface area contributed by atoms with Crippen LogP contribution in [0.25, 0.3) is 0 Å². The first-order chi connectivity index (χ1) is 11.6. The van der Waals surface area contributed by atoms with Gasteiger partial charge < -0.3 is 21.1 Å². The third-order valence-electron chi connectivity index (χ3n) is 3.86. The Bertz CT molecular complexity index is 631. The van der Waals surface area contributed by atoms with Gasteiger partial charge in [-0.25, -0.2) is 0 Å². The monoisotopic (exact) mass is 363 g/mol. The predicted octanol–water partition coefficient (Wildman–Crippen LogP) is 3.58. The van der Waals surface area contributed by atoms with Crippen LogP contribution in [0.1, 0.15) is 24.9 Å². The molecule has 0 spiro atoms. The molecule has 1 amide bonds. The highest BCUT2D eigenvalue weighted by Gasteiger charge is 2.11. The number of hydrogen-bond acceptors (Lipinski definition) is 4. The zero-order valence-corrected chi connectivity index (χ0v) is 15.4. The first-order valence-electron chi connectivity index (χ1n) is 8.06. The van der Waals surface area contributed by atoms with Gasteiger partial charge in [0.1, 0.15) is 0 Å². The van der Waals surface area contributed by atoms with Crippen LogP contribution in [0.5, 0.6) is 0 Å². The van der Waals surface area contributed by atoms with Crippen molar-refractivity contribution in [2.45, 2.75) is 25.5 Å². The molecule has 2 unspecified atom stereocenters. The van der Waals surface area contributed by atoms with Crippen LogP contribution < -0.4 is 16.4 Å². The zero-order chi connectivity index (χ0) is 17.4. The quantitative estimate of drug-likeness (QED) is 0.670. The van der Waals surface area contributed by atoms with Gasteiger partial charge in [0.2, 0.25) is 5.91 Å². The maximum Gasteiger partial charge on any atom is 0.227 e. The van der Waals surface area contributed by atoms with Crippen LogP contribution in [-0.4, -0.2) is 25.7 Å². The number of carbonyl (C=O) groups excluding carboxylic acids is 1. The SMILES string of the molecule is COC(CN)CC(=O)Nc1ccc(NC(C)c2ccccc2)cc1.Cl. The molecule has 136 valence electrons. The number of nitrogens with two attached hydrogens (primary N) is 1. The van der Waals surface area contributed by atoms with E-state index in [1.165, 1.54) is 5.56 Å². The van der Waals surface area contributed by atoms with Gasteiger partial charge in [0, 0.05) is 31.1 Å². The van der Waals surface area contributed by atoms with E-state index in [4.69, 9.17) is 10.5 Å². The fraction of sp³-hybridized carbons (Fsp3) is 0.316. The number of ether oxygens (including phenoxy) is 1. The van der Waals surface area contributed by atoms with E-state index in [-0.39, 0.29) is 36.9 Å². The topological polar surface area (TPSA) is 76.4 Å². The molecular weight excluding hydrogens is 338 g/mol. The normalized spacial score (nSPS) is 12.6. The molecule has 0 aliphatic heterocycles. The smallest absolute Gasteiger partial charge is 0.227 e. The second-order valence-corrected chi connectivity index (χ2v) is 5.70. The fourth-order valence-corrected chi connectivity index (χ4v) is 2.41. The number of amides is 1. The first-order valence-corrected chi connectivity index (χ1v) is 8.06. The van der Waals surface area contributed by atoms with E-state index in [9.17, 15) is 4.79 Å². The number of rotatable bonds is 8. The van der Waals surface area contributed by atoms with Gasteiger partial charge in [-0.15, -0.1) is 12.4 Å². The molecule has 0 saturated heterocycles. The molecule has 2 aromatic rings. The Kier molecular flexibility index (Phi) is 8.99. The Hall–Kier alpha value is -2.08. The van der Waals surface area contributed by atoms with Crippen LogP contribution in [-0.2, 0) is 9.53 Å². The van der Waals surface area contributed by atoms with E-state index in [0.717, 1.165) is 11.4 Å². The Morgan fingerprint density at radius 3 is 2.24 bits per heavy atom. The highest BCUT2D eigenvalue weighted by molar-refractivity contribution is 5.91. The van der Waals surface area contributed by atoms with E-state index in [1.807, 2.05) is 42.5 Å². The minimum atomic E-state index is -0.252. The molecule has 2 atom stereocenters. The largest absolute Gasteiger partial charge is 0.380 e. The molecule has 5 nitrogen and oxygen atoms in total. The number of hydrogen-bond donors (Lipinski definition) is 3. The van der Waals surface area contributed by atoms with Gasteiger partial charge in [0.25, 0.3) is 0 Å². The average molecular weight is 364 g/mol. The molecule has 2 aromatic carbocycles. The second kappa shape index (κ2) is 10.7. The summed E-state index contributed by atoms with van der Waals surface area (Å²) in [5.41, 5.74) is 8.51. The van der Waals surface area contributed by atoms with Crippen molar-refractivity contribution in [1.29, 1.82) is 0 Å². The lowest BCUT2D eigenvalue weighted by Gasteiger charge is -2.16. The molecule has 4 N–H and O–H groups in total. The number of methoxy groups -OCH3 is 1. The second-order valence-electron chi connectivity index (χ2n) is 5.70. The van der Waals surface area contributed by atoms with Gasteiger partial charge >= 0.3 is 0 Å². The number of benzene rings is 2. The van der Waals surface area contributed by atoms with Crippen molar-refractivity contribution >= 4 is 29.7 Å². The van der Waals surface area contributed by atoms with Crippen molar-refractivity contribution in [3.05, 3.63) is 60.2 Å². The van der Waals surface area contributed by atoms with Gasteiger partial charge in [0.15, 0.2) is 0 Å². The van der Waals surface area contributed by atoms with Crippen LogP contribution >= 0.6 is 12.4 Å². The summed E-state index contributed by atoms with van der Waals surface area (Å²) in [6.07, 6.45) is -0.00411. The van der Waals surface area contributed by atoms with E-state index in [1.54, 1.807) is 7.11 Å². The molecule has 2 rings (SSSR count). The molecule has 0 aromatic heterocycles.